The monoisotopic (exact) mass is 336 g/mol. The van der Waals surface area contributed by atoms with Gasteiger partial charge in [0.2, 0.25) is 0 Å². The molecule has 1 aromatic rings. The minimum atomic E-state index is -0.368. The Morgan fingerprint density at radius 2 is 1.92 bits per heavy atom. The van der Waals surface area contributed by atoms with Gasteiger partial charge in [-0.3, -0.25) is 0 Å². The molecular weight excluding hydrogens is 308 g/mol. The van der Waals surface area contributed by atoms with Crippen LogP contribution in [0.5, 0.6) is 5.75 Å². The zero-order chi connectivity index (χ0) is 17.2. The topological polar surface area (TPSA) is 54.0 Å². The largest absolute Gasteiger partial charge is 0.497 e. The summed E-state index contributed by atoms with van der Waals surface area (Å²) in [5.74, 6) is 1.14. The predicted molar refractivity (Wildman–Crippen MR) is 91.0 cm³/mol. The molecule has 0 amide bonds. The minimum absolute atomic E-state index is 0.103. The number of carbonyl (C=O) groups excluding carboxylic acids is 1. The van der Waals surface area contributed by atoms with Crippen LogP contribution in [0.2, 0.25) is 0 Å². The highest BCUT2D eigenvalue weighted by Gasteiger charge is 2.21. The third kappa shape index (κ3) is 6.23. The maximum Gasteiger partial charge on any atom is 0.160 e. The Morgan fingerprint density at radius 3 is 2.54 bits per heavy atom. The first-order valence-electron chi connectivity index (χ1n) is 8.66. The number of hydrogen-bond donors (Lipinski definition) is 0. The fourth-order valence-electron chi connectivity index (χ4n) is 2.73. The van der Waals surface area contributed by atoms with Gasteiger partial charge in [-0.05, 0) is 43.4 Å². The summed E-state index contributed by atoms with van der Waals surface area (Å²) in [6, 6.07) is 7.67. The molecule has 5 heteroatoms. The van der Waals surface area contributed by atoms with Gasteiger partial charge in [0.05, 0.1) is 26.9 Å². The van der Waals surface area contributed by atoms with Crippen molar-refractivity contribution < 1.29 is 23.7 Å². The second kappa shape index (κ2) is 10.4. The molecule has 134 valence electrons. The molecule has 5 nitrogen and oxygen atoms in total. The van der Waals surface area contributed by atoms with Crippen LogP contribution in [0.4, 0.5) is 0 Å². The second-order valence-corrected chi connectivity index (χ2v) is 6.21. The first kappa shape index (κ1) is 18.9. The molecule has 0 N–H and O–H groups in total. The van der Waals surface area contributed by atoms with E-state index < -0.39 is 0 Å². The van der Waals surface area contributed by atoms with E-state index in [-0.39, 0.29) is 12.4 Å². The second-order valence-electron chi connectivity index (χ2n) is 6.21. The lowest BCUT2D eigenvalue weighted by molar-refractivity contribution is -0.203. The average molecular weight is 336 g/mol. The van der Waals surface area contributed by atoms with Crippen LogP contribution in [0.1, 0.15) is 38.2 Å². The first-order valence-corrected chi connectivity index (χ1v) is 8.66. The Hall–Kier alpha value is -1.43. The standard InChI is InChI=1S/C19H28O5/c1-15(19-22-11-4-12-23-19)5-3-6-18(13-20)24-14-16-7-9-17(21-2)10-8-16/h7-10,13,15,18-19H,3-6,11-12,14H2,1-2H3. The van der Waals surface area contributed by atoms with Crippen LogP contribution >= 0.6 is 0 Å². The Labute approximate surface area is 144 Å². The molecule has 0 aromatic heterocycles. The Bertz CT molecular complexity index is 467. The summed E-state index contributed by atoms with van der Waals surface area (Å²) < 4.78 is 22.1. The van der Waals surface area contributed by atoms with Gasteiger partial charge in [0.1, 0.15) is 18.1 Å². The summed E-state index contributed by atoms with van der Waals surface area (Å²) in [5.41, 5.74) is 1.03. The molecule has 0 saturated carbocycles. The van der Waals surface area contributed by atoms with Crippen molar-refractivity contribution in [1.82, 2.24) is 0 Å². The van der Waals surface area contributed by atoms with Gasteiger partial charge >= 0.3 is 0 Å². The summed E-state index contributed by atoms with van der Waals surface area (Å²) in [6.45, 7) is 4.11. The van der Waals surface area contributed by atoms with E-state index in [1.165, 1.54) is 0 Å². The third-order valence-electron chi connectivity index (χ3n) is 4.24. The molecule has 1 aliphatic rings. The van der Waals surface area contributed by atoms with Crippen molar-refractivity contribution >= 4 is 6.29 Å². The molecule has 1 saturated heterocycles. The molecular formula is C19H28O5. The van der Waals surface area contributed by atoms with Crippen LogP contribution < -0.4 is 4.74 Å². The van der Waals surface area contributed by atoms with Crippen molar-refractivity contribution in [2.75, 3.05) is 20.3 Å². The maximum atomic E-state index is 11.2. The van der Waals surface area contributed by atoms with Gasteiger partial charge < -0.3 is 23.7 Å². The predicted octanol–water partition coefficient (Wildman–Crippen LogP) is 3.35. The summed E-state index contributed by atoms with van der Waals surface area (Å²) in [6.07, 6.45) is 3.98. The van der Waals surface area contributed by atoms with Crippen molar-refractivity contribution in [2.45, 2.75) is 51.6 Å². The SMILES string of the molecule is COc1ccc(COC(C=O)CCCC(C)C2OCCCO2)cc1. The molecule has 0 spiro atoms. The summed E-state index contributed by atoms with van der Waals surface area (Å²) in [7, 11) is 1.64. The van der Waals surface area contributed by atoms with E-state index in [4.69, 9.17) is 18.9 Å². The van der Waals surface area contributed by atoms with Crippen LogP contribution in [0.25, 0.3) is 0 Å². The van der Waals surface area contributed by atoms with Gasteiger partial charge in [-0.15, -0.1) is 0 Å². The molecule has 0 radical (unpaired) electrons. The summed E-state index contributed by atoms with van der Waals surface area (Å²) >= 11 is 0. The zero-order valence-electron chi connectivity index (χ0n) is 14.6. The highest BCUT2D eigenvalue weighted by Crippen LogP contribution is 2.20. The molecule has 1 fully saturated rings. The molecule has 1 aromatic carbocycles. The molecule has 2 unspecified atom stereocenters. The van der Waals surface area contributed by atoms with Crippen LogP contribution in [0.3, 0.4) is 0 Å². The van der Waals surface area contributed by atoms with E-state index >= 15 is 0 Å². The number of ether oxygens (including phenoxy) is 4. The number of carbonyl (C=O) groups is 1. The number of benzene rings is 1. The Morgan fingerprint density at radius 1 is 1.21 bits per heavy atom. The van der Waals surface area contributed by atoms with Crippen molar-refractivity contribution in [3.05, 3.63) is 29.8 Å². The van der Waals surface area contributed by atoms with Crippen molar-refractivity contribution in [3.8, 4) is 5.75 Å². The molecule has 1 heterocycles. The average Bonchev–Trinajstić information content (AvgIpc) is 2.65. The number of rotatable bonds is 10. The van der Waals surface area contributed by atoms with Crippen LogP contribution in [-0.4, -0.2) is 39.0 Å². The van der Waals surface area contributed by atoms with E-state index in [2.05, 4.69) is 6.92 Å². The molecule has 0 bridgehead atoms. The van der Waals surface area contributed by atoms with Crippen LogP contribution in [0.15, 0.2) is 24.3 Å². The van der Waals surface area contributed by atoms with Crippen LogP contribution in [0, 0.1) is 5.92 Å². The highest BCUT2D eigenvalue weighted by atomic mass is 16.7. The first-order chi connectivity index (χ1) is 11.7. The Kier molecular flexibility index (Phi) is 8.22. The minimum Gasteiger partial charge on any atom is -0.497 e. The molecule has 0 aliphatic carbocycles. The van der Waals surface area contributed by atoms with E-state index in [1.54, 1.807) is 7.11 Å². The fraction of sp³-hybridized carbons (Fsp3) is 0.632. The van der Waals surface area contributed by atoms with Gasteiger partial charge in [-0.25, -0.2) is 0 Å². The lowest BCUT2D eigenvalue weighted by atomic mass is 10.0. The summed E-state index contributed by atoms with van der Waals surface area (Å²) in [4.78, 5) is 11.2. The number of aldehydes is 1. The van der Waals surface area contributed by atoms with Gasteiger partial charge in [0.25, 0.3) is 0 Å². The van der Waals surface area contributed by atoms with Gasteiger partial charge in [-0.1, -0.05) is 19.1 Å². The molecule has 2 rings (SSSR count). The van der Waals surface area contributed by atoms with E-state index in [9.17, 15) is 4.79 Å². The maximum absolute atomic E-state index is 11.2. The quantitative estimate of drug-likeness (QED) is 0.613. The number of hydrogen-bond acceptors (Lipinski definition) is 5. The third-order valence-corrected chi connectivity index (χ3v) is 4.24. The number of methoxy groups -OCH3 is 1. The van der Waals surface area contributed by atoms with Gasteiger partial charge in [0.15, 0.2) is 6.29 Å². The summed E-state index contributed by atoms with van der Waals surface area (Å²) in [5, 5.41) is 0. The van der Waals surface area contributed by atoms with Gasteiger partial charge in [0, 0.05) is 5.92 Å². The normalized spacial score (nSPS) is 18.1. The Balaban J connectivity index is 1.66. The van der Waals surface area contributed by atoms with Crippen molar-refractivity contribution in [2.24, 2.45) is 5.92 Å². The zero-order valence-corrected chi connectivity index (χ0v) is 14.6. The highest BCUT2D eigenvalue weighted by molar-refractivity contribution is 5.55. The van der Waals surface area contributed by atoms with Crippen molar-refractivity contribution in [1.29, 1.82) is 0 Å². The lowest BCUT2D eigenvalue weighted by Crippen LogP contribution is -2.31. The van der Waals surface area contributed by atoms with Crippen LogP contribution in [-0.2, 0) is 25.6 Å². The van der Waals surface area contributed by atoms with E-state index in [0.29, 0.717) is 12.5 Å². The molecule has 1 aliphatic heterocycles. The van der Waals surface area contributed by atoms with Gasteiger partial charge in [-0.2, -0.15) is 0 Å². The van der Waals surface area contributed by atoms with Crippen molar-refractivity contribution in [3.63, 3.8) is 0 Å². The molecule has 2 atom stereocenters. The van der Waals surface area contributed by atoms with E-state index in [1.807, 2.05) is 24.3 Å². The lowest BCUT2D eigenvalue weighted by Gasteiger charge is -2.28. The molecule has 24 heavy (non-hydrogen) atoms. The fourth-order valence-corrected chi connectivity index (χ4v) is 2.73. The van der Waals surface area contributed by atoms with E-state index in [0.717, 1.165) is 56.5 Å². The smallest absolute Gasteiger partial charge is 0.160 e.